The molecular weight excluding hydrogens is 235 g/mol. The Bertz CT molecular complexity index is 691. The zero-order valence-electron chi connectivity index (χ0n) is 9.14. The van der Waals surface area contributed by atoms with Crippen molar-refractivity contribution >= 4 is 21.6 Å². The molecule has 3 aromatic rings. The number of benzene rings is 1. The summed E-state index contributed by atoms with van der Waals surface area (Å²) in [7, 11) is 0. The first-order valence-corrected chi connectivity index (χ1v) is 6.03. The van der Waals surface area contributed by atoms with E-state index in [0.29, 0.717) is 11.3 Å². The fourth-order valence-electron chi connectivity index (χ4n) is 1.84. The first-order chi connectivity index (χ1) is 8.25. The van der Waals surface area contributed by atoms with Crippen molar-refractivity contribution in [2.24, 2.45) is 0 Å². The maximum absolute atomic E-state index is 13.8. The zero-order valence-corrected chi connectivity index (χ0v) is 9.96. The van der Waals surface area contributed by atoms with Crippen LogP contribution in [0.15, 0.2) is 36.7 Å². The number of nitrogens with zero attached hydrogens (tertiary/aromatic N) is 2. The van der Waals surface area contributed by atoms with Crippen molar-refractivity contribution < 1.29 is 4.39 Å². The van der Waals surface area contributed by atoms with Gasteiger partial charge in [0, 0.05) is 15.8 Å². The Kier molecular flexibility index (Phi) is 2.37. The molecule has 0 saturated heterocycles. The Morgan fingerprint density at radius 2 is 2.00 bits per heavy atom. The van der Waals surface area contributed by atoms with Gasteiger partial charge in [0.1, 0.15) is 17.0 Å². The van der Waals surface area contributed by atoms with Gasteiger partial charge in [0.15, 0.2) is 0 Å². The second-order valence-electron chi connectivity index (χ2n) is 3.78. The standard InChI is InChI=1S/C13H9FN2S/c1-8-6-10-12(15-7-16-13(10)17-8)9-4-2-3-5-11(9)14/h2-7H,1H3. The van der Waals surface area contributed by atoms with Gasteiger partial charge in [-0.1, -0.05) is 12.1 Å². The molecule has 0 aliphatic heterocycles. The van der Waals surface area contributed by atoms with Gasteiger partial charge in [0.05, 0.1) is 5.69 Å². The third kappa shape index (κ3) is 1.70. The van der Waals surface area contributed by atoms with Crippen LogP contribution in [0.3, 0.4) is 0 Å². The normalized spacial score (nSPS) is 10.9. The molecule has 0 amide bonds. The summed E-state index contributed by atoms with van der Waals surface area (Å²) >= 11 is 1.59. The first-order valence-electron chi connectivity index (χ1n) is 5.22. The molecule has 2 aromatic heterocycles. The summed E-state index contributed by atoms with van der Waals surface area (Å²) in [4.78, 5) is 10.5. The third-order valence-corrected chi connectivity index (χ3v) is 3.54. The lowest BCUT2D eigenvalue weighted by Crippen LogP contribution is -1.89. The maximum atomic E-state index is 13.8. The number of hydrogen-bond acceptors (Lipinski definition) is 3. The fourth-order valence-corrected chi connectivity index (χ4v) is 2.69. The second-order valence-corrected chi connectivity index (χ2v) is 5.01. The van der Waals surface area contributed by atoms with Crippen molar-refractivity contribution in [1.29, 1.82) is 0 Å². The quantitative estimate of drug-likeness (QED) is 0.650. The molecular formula is C13H9FN2S. The number of halogens is 1. The van der Waals surface area contributed by atoms with Gasteiger partial charge in [-0.3, -0.25) is 0 Å². The van der Waals surface area contributed by atoms with Crippen molar-refractivity contribution in [3.8, 4) is 11.3 Å². The predicted octanol–water partition coefficient (Wildman–Crippen LogP) is 3.81. The minimum atomic E-state index is -0.253. The van der Waals surface area contributed by atoms with E-state index in [2.05, 4.69) is 9.97 Å². The SMILES string of the molecule is Cc1cc2c(-c3ccccc3F)ncnc2s1. The zero-order chi connectivity index (χ0) is 11.8. The van der Waals surface area contributed by atoms with Crippen molar-refractivity contribution in [2.75, 3.05) is 0 Å². The Hall–Kier alpha value is -1.81. The van der Waals surface area contributed by atoms with Crippen molar-refractivity contribution in [2.45, 2.75) is 6.92 Å². The molecule has 2 nitrogen and oxygen atoms in total. The molecule has 4 heteroatoms. The fraction of sp³-hybridized carbons (Fsp3) is 0.0769. The smallest absolute Gasteiger partial charge is 0.132 e. The molecule has 0 unspecified atom stereocenters. The van der Waals surface area contributed by atoms with E-state index in [0.717, 1.165) is 15.1 Å². The Balaban J connectivity index is 2.34. The van der Waals surface area contributed by atoms with Crippen LogP contribution in [-0.2, 0) is 0 Å². The number of rotatable bonds is 1. The monoisotopic (exact) mass is 244 g/mol. The molecule has 3 rings (SSSR count). The maximum Gasteiger partial charge on any atom is 0.132 e. The van der Waals surface area contributed by atoms with Crippen molar-refractivity contribution in [3.05, 3.63) is 47.4 Å². The van der Waals surface area contributed by atoms with Crippen LogP contribution in [0.5, 0.6) is 0 Å². The third-order valence-electron chi connectivity index (χ3n) is 2.58. The molecule has 0 fully saturated rings. The molecule has 0 spiro atoms. The van der Waals surface area contributed by atoms with Crippen LogP contribution in [0.2, 0.25) is 0 Å². The van der Waals surface area contributed by atoms with Crippen LogP contribution < -0.4 is 0 Å². The molecule has 2 heterocycles. The Morgan fingerprint density at radius 1 is 1.18 bits per heavy atom. The van der Waals surface area contributed by atoms with E-state index in [1.807, 2.05) is 19.1 Å². The van der Waals surface area contributed by atoms with Gasteiger partial charge in [0.25, 0.3) is 0 Å². The summed E-state index contributed by atoms with van der Waals surface area (Å²) < 4.78 is 13.8. The number of aryl methyl sites for hydroxylation is 1. The van der Waals surface area contributed by atoms with E-state index in [1.54, 1.807) is 23.5 Å². The van der Waals surface area contributed by atoms with Crippen molar-refractivity contribution in [3.63, 3.8) is 0 Å². The minimum Gasteiger partial charge on any atom is -0.235 e. The van der Waals surface area contributed by atoms with E-state index in [4.69, 9.17) is 0 Å². The average molecular weight is 244 g/mol. The van der Waals surface area contributed by atoms with Gasteiger partial charge in [-0.15, -0.1) is 11.3 Å². The van der Waals surface area contributed by atoms with Crippen LogP contribution in [0.1, 0.15) is 4.88 Å². The van der Waals surface area contributed by atoms with E-state index >= 15 is 0 Å². The molecule has 0 radical (unpaired) electrons. The number of aromatic nitrogens is 2. The van der Waals surface area contributed by atoms with Crippen LogP contribution in [-0.4, -0.2) is 9.97 Å². The minimum absolute atomic E-state index is 0.253. The molecule has 0 aliphatic rings. The lowest BCUT2D eigenvalue weighted by atomic mass is 10.1. The number of hydrogen-bond donors (Lipinski definition) is 0. The van der Waals surface area contributed by atoms with Gasteiger partial charge in [-0.25, -0.2) is 14.4 Å². The first kappa shape index (κ1) is 10.4. The predicted molar refractivity (Wildman–Crippen MR) is 67.5 cm³/mol. The van der Waals surface area contributed by atoms with Crippen LogP contribution >= 0.6 is 11.3 Å². The van der Waals surface area contributed by atoms with Gasteiger partial charge >= 0.3 is 0 Å². The highest BCUT2D eigenvalue weighted by molar-refractivity contribution is 7.18. The molecule has 84 valence electrons. The molecule has 1 aromatic carbocycles. The molecule has 0 N–H and O–H groups in total. The molecule has 0 bridgehead atoms. The Morgan fingerprint density at radius 3 is 2.82 bits per heavy atom. The average Bonchev–Trinajstić information content (AvgIpc) is 2.70. The topological polar surface area (TPSA) is 25.8 Å². The van der Waals surface area contributed by atoms with Gasteiger partial charge in [-0.2, -0.15) is 0 Å². The van der Waals surface area contributed by atoms with Crippen LogP contribution in [0.25, 0.3) is 21.5 Å². The lowest BCUT2D eigenvalue weighted by Gasteiger charge is -2.02. The number of thiophene rings is 1. The van der Waals surface area contributed by atoms with E-state index in [9.17, 15) is 4.39 Å². The summed E-state index contributed by atoms with van der Waals surface area (Å²) in [5.41, 5.74) is 1.19. The molecule has 17 heavy (non-hydrogen) atoms. The van der Waals surface area contributed by atoms with E-state index in [1.165, 1.54) is 12.4 Å². The molecule has 0 atom stereocenters. The summed E-state index contributed by atoms with van der Waals surface area (Å²) in [6, 6.07) is 8.68. The van der Waals surface area contributed by atoms with Gasteiger partial charge in [0.2, 0.25) is 0 Å². The highest BCUT2D eigenvalue weighted by Crippen LogP contribution is 2.31. The van der Waals surface area contributed by atoms with E-state index in [-0.39, 0.29) is 5.82 Å². The highest BCUT2D eigenvalue weighted by atomic mass is 32.1. The lowest BCUT2D eigenvalue weighted by molar-refractivity contribution is 0.631. The highest BCUT2D eigenvalue weighted by Gasteiger charge is 2.11. The van der Waals surface area contributed by atoms with Crippen LogP contribution in [0, 0.1) is 12.7 Å². The van der Waals surface area contributed by atoms with Gasteiger partial charge in [-0.05, 0) is 25.1 Å². The second kappa shape index (κ2) is 3.89. The largest absolute Gasteiger partial charge is 0.235 e. The van der Waals surface area contributed by atoms with Crippen molar-refractivity contribution in [1.82, 2.24) is 9.97 Å². The summed E-state index contributed by atoms with van der Waals surface area (Å²) in [5.74, 6) is -0.253. The summed E-state index contributed by atoms with van der Waals surface area (Å²) in [6.07, 6.45) is 1.49. The van der Waals surface area contributed by atoms with E-state index < -0.39 is 0 Å². The Labute approximate surface area is 102 Å². The van der Waals surface area contributed by atoms with Gasteiger partial charge < -0.3 is 0 Å². The number of fused-ring (bicyclic) bond motifs is 1. The molecule has 0 aliphatic carbocycles. The summed E-state index contributed by atoms with van der Waals surface area (Å²) in [6.45, 7) is 2.01. The molecule has 0 saturated carbocycles. The summed E-state index contributed by atoms with van der Waals surface area (Å²) in [5, 5.41) is 0.917. The van der Waals surface area contributed by atoms with Crippen LogP contribution in [0.4, 0.5) is 4.39 Å².